The van der Waals surface area contributed by atoms with Crippen LogP contribution in [0.1, 0.15) is 22.3 Å². The molecule has 0 saturated heterocycles. The van der Waals surface area contributed by atoms with Gasteiger partial charge in [0.2, 0.25) is 11.5 Å². The topological polar surface area (TPSA) is 202 Å². The zero-order valence-electron chi connectivity index (χ0n) is 19.9. The van der Waals surface area contributed by atoms with E-state index >= 15 is 0 Å². The Hall–Kier alpha value is -5.12. The smallest absolute Gasteiger partial charge is 0.201 e. The summed E-state index contributed by atoms with van der Waals surface area (Å²) in [5.41, 5.74) is 0.886. The van der Waals surface area contributed by atoms with Crippen molar-refractivity contribution in [3.63, 3.8) is 0 Å². The number of aromatic hydroxyl groups is 10. The van der Waals surface area contributed by atoms with Crippen LogP contribution in [0, 0.1) is 0 Å². The highest BCUT2D eigenvalue weighted by molar-refractivity contribution is 5.84. The van der Waals surface area contributed by atoms with Crippen molar-refractivity contribution in [1.82, 2.24) is 0 Å². The number of benzene rings is 4. The lowest BCUT2D eigenvalue weighted by Gasteiger charge is -2.17. The monoisotopic (exact) mass is 522 g/mol. The van der Waals surface area contributed by atoms with Gasteiger partial charge in [0.05, 0.1) is 0 Å². The van der Waals surface area contributed by atoms with Gasteiger partial charge in [-0.3, -0.25) is 0 Å². The van der Waals surface area contributed by atoms with Crippen LogP contribution < -0.4 is 0 Å². The first-order valence-electron chi connectivity index (χ1n) is 11.5. The lowest BCUT2D eigenvalue weighted by Crippen LogP contribution is -1.97. The molecule has 10 nitrogen and oxygen atoms in total. The van der Waals surface area contributed by atoms with Gasteiger partial charge in [0.15, 0.2) is 23.0 Å². The molecule has 0 heterocycles. The van der Waals surface area contributed by atoms with Crippen LogP contribution in [-0.4, -0.2) is 51.1 Å². The Balaban J connectivity index is 1.71. The van der Waals surface area contributed by atoms with Crippen LogP contribution in [0.25, 0.3) is 11.1 Å². The molecule has 0 aliphatic carbocycles. The third-order valence-corrected chi connectivity index (χ3v) is 6.41. The highest BCUT2D eigenvalue weighted by Crippen LogP contribution is 2.51. The first-order valence-corrected chi connectivity index (χ1v) is 11.5. The molecular formula is C28H26O10. The minimum atomic E-state index is -0.866. The second-order valence-corrected chi connectivity index (χ2v) is 8.88. The van der Waals surface area contributed by atoms with Crippen LogP contribution in [0.5, 0.6) is 57.5 Å². The summed E-state index contributed by atoms with van der Waals surface area (Å²) < 4.78 is 0. The van der Waals surface area contributed by atoms with E-state index in [1.807, 2.05) is 0 Å². The number of phenolic OH excluding ortho intramolecular Hbond substituents is 10. The van der Waals surface area contributed by atoms with Gasteiger partial charge in [0.1, 0.15) is 23.0 Å². The van der Waals surface area contributed by atoms with Crippen molar-refractivity contribution in [3.05, 3.63) is 70.8 Å². The molecule has 0 aromatic heterocycles. The van der Waals surface area contributed by atoms with E-state index in [2.05, 4.69) is 0 Å². The van der Waals surface area contributed by atoms with Gasteiger partial charge in [-0.05, 0) is 72.2 Å². The molecule has 0 atom stereocenters. The third-order valence-electron chi connectivity index (χ3n) is 6.41. The normalized spacial score (nSPS) is 11.1. The molecule has 38 heavy (non-hydrogen) atoms. The van der Waals surface area contributed by atoms with Crippen molar-refractivity contribution in [2.24, 2.45) is 0 Å². The average Bonchev–Trinajstić information content (AvgIpc) is 2.87. The average molecular weight is 523 g/mol. The zero-order valence-corrected chi connectivity index (χ0v) is 19.9. The summed E-state index contributed by atoms with van der Waals surface area (Å²) in [4.78, 5) is 0. The molecule has 0 aliphatic rings. The molecule has 0 aliphatic heterocycles. The molecule has 4 rings (SSSR count). The predicted octanol–water partition coefficient (Wildman–Crippen LogP) is 3.98. The summed E-state index contributed by atoms with van der Waals surface area (Å²) in [7, 11) is 0. The maximum Gasteiger partial charge on any atom is 0.201 e. The van der Waals surface area contributed by atoms with Crippen molar-refractivity contribution in [2.75, 3.05) is 0 Å². The quantitative estimate of drug-likeness (QED) is 0.158. The third kappa shape index (κ3) is 4.92. The van der Waals surface area contributed by atoms with E-state index < -0.39 is 34.5 Å². The molecule has 0 spiro atoms. The van der Waals surface area contributed by atoms with E-state index in [1.165, 1.54) is 36.4 Å². The summed E-state index contributed by atoms with van der Waals surface area (Å²) in [5, 5.41) is 102. The Morgan fingerprint density at radius 1 is 0.342 bits per heavy atom. The Labute approximate surface area is 216 Å². The van der Waals surface area contributed by atoms with Crippen LogP contribution >= 0.6 is 0 Å². The van der Waals surface area contributed by atoms with E-state index in [1.54, 1.807) is 0 Å². The first-order chi connectivity index (χ1) is 18.0. The lowest BCUT2D eigenvalue weighted by molar-refractivity contribution is 0.362. The number of aryl methyl sites for hydroxylation is 4. The van der Waals surface area contributed by atoms with Crippen LogP contribution in [0.2, 0.25) is 0 Å². The van der Waals surface area contributed by atoms with Crippen molar-refractivity contribution in [1.29, 1.82) is 0 Å². The van der Waals surface area contributed by atoms with Crippen molar-refractivity contribution in [2.45, 2.75) is 25.7 Å². The van der Waals surface area contributed by atoms with Gasteiger partial charge in [0, 0.05) is 23.3 Å². The van der Waals surface area contributed by atoms with Gasteiger partial charge in [-0.1, -0.05) is 12.1 Å². The first kappa shape index (κ1) is 26.0. The molecule has 0 unspecified atom stereocenters. The Bertz CT molecular complexity index is 1410. The fourth-order valence-corrected chi connectivity index (χ4v) is 4.26. The number of hydrogen-bond acceptors (Lipinski definition) is 10. The summed E-state index contributed by atoms with van der Waals surface area (Å²) in [6.07, 6.45) is 0.501. The Morgan fingerprint density at radius 3 is 1.03 bits per heavy atom. The summed E-state index contributed by atoms with van der Waals surface area (Å²) >= 11 is 0. The molecule has 4 aromatic rings. The van der Waals surface area contributed by atoms with E-state index in [-0.39, 0.29) is 70.9 Å². The molecule has 0 saturated carbocycles. The van der Waals surface area contributed by atoms with E-state index in [9.17, 15) is 51.1 Å². The van der Waals surface area contributed by atoms with E-state index in [4.69, 9.17) is 0 Å². The minimum Gasteiger partial charge on any atom is -0.508 e. The summed E-state index contributed by atoms with van der Waals surface area (Å²) in [6.45, 7) is 0. The van der Waals surface area contributed by atoms with Crippen molar-refractivity contribution in [3.8, 4) is 68.6 Å². The summed E-state index contributed by atoms with van der Waals surface area (Å²) in [5.74, 6) is -5.11. The SMILES string of the molecule is Oc1ccc(CCc2cc(-c3cc(CCc4ccc(O)cc4O)c(O)c(O)c3O)c(O)c(O)c2O)c(O)c1. The highest BCUT2D eigenvalue weighted by Gasteiger charge is 2.24. The van der Waals surface area contributed by atoms with Crippen molar-refractivity contribution >= 4 is 0 Å². The van der Waals surface area contributed by atoms with E-state index in [0.29, 0.717) is 11.1 Å². The van der Waals surface area contributed by atoms with Crippen LogP contribution in [-0.2, 0) is 25.7 Å². The van der Waals surface area contributed by atoms with Gasteiger partial charge >= 0.3 is 0 Å². The predicted molar refractivity (Wildman–Crippen MR) is 136 cm³/mol. The molecule has 0 amide bonds. The standard InChI is InChI=1S/C28H26O10/c29-17-7-5-13(21(31)11-17)1-3-15-9-19(25(35)27(37)23(15)33)20-10-16(24(34)28(38)26(20)36)4-2-14-6-8-18(30)12-22(14)32/h5-12,29-38H,1-4H2. The van der Waals surface area contributed by atoms with Gasteiger partial charge in [-0.25, -0.2) is 0 Å². The summed E-state index contributed by atoms with van der Waals surface area (Å²) in [6, 6.07) is 10.6. The highest BCUT2D eigenvalue weighted by atomic mass is 16.3. The molecule has 0 radical (unpaired) electrons. The number of hydrogen-bond donors (Lipinski definition) is 10. The molecule has 4 aromatic carbocycles. The minimum absolute atomic E-state index is 0.0722. The van der Waals surface area contributed by atoms with Crippen molar-refractivity contribution < 1.29 is 51.1 Å². The van der Waals surface area contributed by atoms with Gasteiger partial charge < -0.3 is 51.1 Å². The number of phenols is 10. The zero-order chi connectivity index (χ0) is 27.7. The van der Waals surface area contributed by atoms with Gasteiger partial charge in [0.25, 0.3) is 0 Å². The van der Waals surface area contributed by atoms with Gasteiger partial charge in [-0.2, -0.15) is 0 Å². The molecule has 0 fully saturated rings. The second-order valence-electron chi connectivity index (χ2n) is 8.88. The largest absolute Gasteiger partial charge is 0.508 e. The maximum atomic E-state index is 10.6. The molecule has 0 bridgehead atoms. The molecule has 10 heteroatoms. The maximum absolute atomic E-state index is 10.6. The second kappa shape index (κ2) is 10.1. The molecule has 198 valence electrons. The molecule has 10 N–H and O–H groups in total. The van der Waals surface area contributed by atoms with Crippen LogP contribution in [0.3, 0.4) is 0 Å². The lowest BCUT2D eigenvalue weighted by atomic mass is 9.93. The Morgan fingerprint density at radius 2 is 0.684 bits per heavy atom. The fraction of sp³-hybridized carbons (Fsp3) is 0.143. The van der Waals surface area contributed by atoms with Crippen LogP contribution in [0.4, 0.5) is 0 Å². The molecular weight excluding hydrogens is 496 g/mol. The van der Waals surface area contributed by atoms with E-state index in [0.717, 1.165) is 12.1 Å². The van der Waals surface area contributed by atoms with Crippen LogP contribution in [0.15, 0.2) is 48.5 Å². The Kier molecular flexibility index (Phi) is 6.89. The van der Waals surface area contributed by atoms with Gasteiger partial charge in [-0.15, -0.1) is 0 Å². The number of rotatable bonds is 7. The fourth-order valence-electron chi connectivity index (χ4n) is 4.26.